The highest BCUT2D eigenvalue weighted by molar-refractivity contribution is 6.06. The summed E-state index contributed by atoms with van der Waals surface area (Å²) in [5.74, 6) is -0.281. The van der Waals surface area contributed by atoms with Crippen molar-refractivity contribution in [2.45, 2.75) is 45.6 Å². The lowest BCUT2D eigenvalue weighted by Crippen LogP contribution is -2.35. The third-order valence-electron chi connectivity index (χ3n) is 7.91. The number of nitrogens with zero attached hydrogens (tertiary/aromatic N) is 1. The van der Waals surface area contributed by atoms with Crippen molar-refractivity contribution in [2.24, 2.45) is 0 Å². The molecule has 240 valence electrons. The summed E-state index contributed by atoms with van der Waals surface area (Å²) in [5, 5.41) is 12.5. The molecule has 0 spiro atoms. The van der Waals surface area contributed by atoms with Crippen LogP contribution in [0, 0.1) is 0 Å². The van der Waals surface area contributed by atoms with Gasteiger partial charge in [-0.05, 0) is 70.0 Å². The Morgan fingerprint density at radius 1 is 0.783 bits per heavy atom. The van der Waals surface area contributed by atoms with Crippen LogP contribution in [0.25, 0.3) is 11.1 Å². The molecular weight excluding hydrogens is 580 g/mol. The summed E-state index contributed by atoms with van der Waals surface area (Å²) in [6.45, 7) is 7.10. The number of ether oxygens (including phenoxy) is 2. The molecule has 0 radical (unpaired) electrons. The molecule has 8 nitrogen and oxygen atoms in total. The number of benzene rings is 4. The van der Waals surface area contributed by atoms with Crippen LogP contribution in [-0.2, 0) is 23.2 Å². The van der Waals surface area contributed by atoms with Crippen LogP contribution in [0.2, 0.25) is 0 Å². The van der Waals surface area contributed by atoms with Gasteiger partial charge in [-0.2, -0.15) is 0 Å². The number of carboxylic acid groups (broad SMARTS) is 1. The van der Waals surface area contributed by atoms with Gasteiger partial charge in [0.15, 0.2) is 0 Å². The third-order valence-corrected chi connectivity index (χ3v) is 7.91. The van der Waals surface area contributed by atoms with Crippen LogP contribution in [0.4, 0.5) is 0 Å². The first-order valence-corrected chi connectivity index (χ1v) is 15.3. The number of nitrogens with one attached hydrogen (secondary N) is 1. The molecule has 2 amide bonds. The van der Waals surface area contributed by atoms with Crippen LogP contribution in [0.5, 0.6) is 11.5 Å². The fraction of sp³-hybridized carbons (Fsp3) is 0.289. The van der Waals surface area contributed by atoms with E-state index >= 15 is 0 Å². The van der Waals surface area contributed by atoms with Gasteiger partial charge in [0.05, 0.1) is 20.6 Å². The van der Waals surface area contributed by atoms with Crippen molar-refractivity contribution in [1.82, 2.24) is 10.2 Å². The van der Waals surface area contributed by atoms with Gasteiger partial charge in [0.1, 0.15) is 11.5 Å². The smallest absolute Gasteiger partial charge is 0.305 e. The number of aliphatic carboxylic acids is 1. The topological polar surface area (TPSA) is 105 Å². The van der Waals surface area contributed by atoms with E-state index < -0.39 is 5.97 Å². The first kappa shape index (κ1) is 33.8. The molecule has 0 aliphatic heterocycles. The highest BCUT2D eigenvalue weighted by atomic mass is 16.5. The maximum Gasteiger partial charge on any atom is 0.305 e. The molecule has 4 aromatic carbocycles. The SMILES string of the molecule is COc1ccc(OC)c(CCN(CCC(=O)O)C(=O)c2ccccc2-c2ccccc2C(=O)NCc2ccc(C(C)(C)C)cc2)c1. The summed E-state index contributed by atoms with van der Waals surface area (Å²) in [6, 6.07) is 27.9. The summed E-state index contributed by atoms with van der Waals surface area (Å²) < 4.78 is 10.9. The predicted molar refractivity (Wildman–Crippen MR) is 180 cm³/mol. The largest absolute Gasteiger partial charge is 0.497 e. The van der Waals surface area contributed by atoms with E-state index in [0.717, 1.165) is 11.1 Å². The van der Waals surface area contributed by atoms with Gasteiger partial charge < -0.3 is 24.8 Å². The number of carbonyl (C=O) groups excluding carboxylic acids is 2. The van der Waals surface area contributed by atoms with Crippen LogP contribution in [0.15, 0.2) is 91.0 Å². The molecular formula is C38H42N2O6. The van der Waals surface area contributed by atoms with E-state index in [0.29, 0.717) is 46.7 Å². The number of hydrogen-bond donors (Lipinski definition) is 2. The molecule has 0 fully saturated rings. The van der Waals surface area contributed by atoms with E-state index in [2.05, 4.69) is 38.2 Å². The van der Waals surface area contributed by atoms with Crippen LogP contribution >= 0.6 is 0 Å². The van der Waals surface area contributed by atoms with Crippen LogP contribution in [0.3, 0.4) is 0 Å². The number of hydrogen-bond acceptors (Lipinski definition) is 5. The number of amides is 2. The zero-order chi connectivity index (χ0) is 33.3. The molecule has 0 aliphatic carbocycles. The normalized spacial score (nSPS) is 11.1. The summed E-state index contributed by atoms with van der Waals surface area (Å²) in [4.78, 5) is 40.7. The van der Waals surface area contributed by atoms with E-state index in [4.69, 9.17) is 9.47 Å². The predicted octanol–water partition coefficient (Wildman–Crippen LogP) is 6.76. The number of carbonyl (C=O) groups is 3. The Labute approximate surface area is 271 Å². The van der Waals surface area contributed by atoms with Crippen molar-refractivity contribution in [3.05, 3.63) is 119 Å². The lowest BCUT2D eigenvalue weighted by atomic mass is 9.87. The zero-order valence-electron chi connectivity index (χ0n) is 27.1. The van der Waals surface area contributed by atoms with Gasteiger partial charge in [0.25, 0.3) is 11.8 Å². The molecule has 8 heteroatoms. The first-order chi connectivity index (χ1) is 22.0. The van der Waals surface area contributed by atoms with Gasteiger partial charge >= 0.3 is 5.97 Å². The monoisotopic (exact) mass is 622 g/mol. The molecule has 4 rings (SSSR count). The van der Waals surface area contributed by atoms with Crippen LogP contribution < -0.4 is 14.8 Å². The Hall–Kier alpha value is -5.11. The Balaban J connectivity index is 1.59. The first-order valence-electron chi connectivity index (χ1n) is 15.3. The second kappa shape index (κ2) is 15.3. The zero-order valence-corrected chi connectivity index (χ0v) is 27.1. The van der Waals surface area contributed by atoms with Gasteiger partial charge in [-0.15, -0.1) is 0 Å². The molecule has 0 saturated heterocycles. The van der Waals surface area contributed by atoms with E-state index in [1.807, 2.05) is 42.5 Å². The van der Waals surface area contributed by atoms with E-state index in [9.17, 15) is 19.5 Å². The molecule has 0 bridgehead atoms. The Kier molecular flexibility index (Phi) is 11.2. The minimum absolute atomic E-state index is 0.0188. The van der Waals surface area contributed by atoms with Crippen molar-refractivity contribution in [3.8, 4) is 22.6 Å². The fourth-order valence-corrected chi connectivity index (χ4v) is 5.27. The molecule has 0 saturated carbocycles. The van der Waals surface area contributed by atoms with Crippen molar-refractivity contribution >= 4 is 17.8 Å². The number of methoxy groups -OCH3 is 2. The molecule has 0 heterocycles. The van der Waals surface area contributed by atoms with Gasteiger partial charge in [0.2, 0.25) is 0 Å². The summed E-state index contributed by atoms with van der Waals surface area (Å²) in [5.41, 5.74) is 5.09. The third kappa shape index (κ3) is 8.53. The quantitative estimate of drug-likeness (QED) is 0.171. The average Bonchev–Trinajstić information content (AvgIpc) is 3.06. The Morgan fingerprint density at radius 2 is 1.41 bits per heavy atom. The molecule has 0 unspecified atom stereocenters. The molecule has 46 heavy (non-hydrogen) atoms. The lowest BCUT2D eigenvalue weighted by Gasteiger charge is -2.24. The van der Waals surface area contributed by atoms with Gasteiger partial charge in [0, 0.05) is 30.8 Å². The summed E-state index contributed by atoms with van der Waals surface area (Å²) in [7, 11) is 3.15. The van der Waals surface area contributed by atoms with Crippen molar-refractivity contribution in [2.75, 3.05) is 27.3 Å². The van der Waals surface area contributed by atoms with Gasteiger partial charge in [-0.1, -0.05) is 81.4 Å². The van der Waals surface area contributed by atoms with E-state index in [1.54, 1.807) is 50.6 Å². The second-order valence-corrected chi connectivity index (χ2v) is 12.1. The van der Waals surface area contributed by atoms with Crippen molar-refractivity contribution < 1.29 is 29.0 Å². The maximum absolute atomic E-state index is 14.1. The molecule has 4 aromatic rings. The summed E-state index contributed by atoms with van der Waals surface area (Å²) >= 11 is 0. The van der Waals surface area contributed by atoms with Crippen LogP contribution in [-0.4, -0.2) is 55.1 Å². The molecule has 0 aromatic heterocycles. The summed E-state index contributed by atoms with van der Waals surface area (Å²) in [6.07, 6.45) is 0.211. The maximum atomic E-state index is 14.1. The number of carboxylic acids is 1. The highest BCUT2D eigenvalue weighted by Crippen LogP contribution is 2.30. The minimum atomic E-state index is -1.000. The minimum Gasteiger partial charge on any atom is -0.497 e. The standard InChI is InChI=1S/C38H42N2O6/c1-38(2,3)28-16-14-26(15-17-28)25-39-36(43)32-12-8-6-10-30(32)31-11-7-9-13-33(31)37(44)40(23-21-35(41)42)22-20-27-24-29(45-4)18-19-34(27)46-5/h6-19,24H,20-23,25H2,1-5H3,(H,39,43)(H,41,42). The van der Waals surface area contributed by atoms with E-state index in [1.165, 1.54) is 10.5 Å². The average molecular weight is 623 g/mol. The van der Waals surface area contributed by atoms with Crippen LogP contribution in [0.1, 0.15) is 64.6 Å². The Bertz CT molecular complexity index is 1670. The number of rotatable bonds is 13. The van der Waals surface area contributed by atoms with Gasteiger partial charge in [-0.25, -0.2) is 0 Å². The molecule has 2 N–H and O–H groups in total. The van der Waals surface area contributed by atoms with Crippen molar-refractivity contribution in [3.63, 3.8) is 0 Å². The van der Waals surface area contributed by atoms with E-state index in [-0.39, 0.29) is 36.7 Å². The highest BCUT2D eigenvalue weighted by Gasteiger charge is 2.23. The molecule has 0 atom stereocenters. The molecule has 0 aliphatic rings. The lowest BCUT2D eigenvalue weighted by molar-refractivity contribution is -0.137. The fourth-order valence-electron chi connectivity index (χ4n) is 5.27. The Morgan fingerprint density at radius 3 is 2.02 bits per heavy atom. The second-order valence-electron chi connectivity index (χ2n) is 12.1. The van der Waals surface area contributed by atoms with Gasteiger partial charge in [-0.3, -0.25) is 14.4 Å². The van der Waals surface area contributed by atoms with Crippen molar-refractivity contribution in [1.29, 1.82) is 0 Å².